The Morgan fingerprint density at radius 3 is 2.85 bits per heavy atom. The van der Waals surface area contributed by atoms with Gasteiger partial charge in [-0.2, -0.15) is 0 Å². The van der Waals surface area contributed by atoms with Crippen molar-refractivity contribution >= 4 is 11.9 Å². The normalized spacial score (nSPS) is 19.9. The second-order valence-corrected chi connectivity index (χ2v) is 5.06. The van der Waals surface area contributed by atoms with Crippen LogP contribution in [-0.4, -0.2) is 53.6 Å². The summed E-state index contributed by atoms with van der Waals surface area (Å²) in [4.78, 5) is 25.2. The number of amides is 1. The van der Waals surface area contributed by atoms with Gasteiger partial charge in [0.1, 0.15) is 6.04 Å². The number of hydrogen-bond acceptors (Lipinski definition) is 4. The molecule has 1 heterocycles. The number of carbonyl (C=O) groups is 2. The first-order valence-electron chi connectivity index (χ1n) is 7.19. The van der Waals surface area contributed by atoms with Crippen molar-refractivity contribution in [1.29, 1.82) is 0 Å². The number of nitrogens with zero attached hydrogens (tertiary/aromatic N) is 1. The van der Waals surface area contributed by atoms with Crippen LogP contribution in [0.5, 0.6) is 0 Å². The lowest BCUT2D eigenvalue weighted by molar-refractivity contribution is -0.149. The van der Waals surface area contributed by atoms with E-state index in [0.29, 0.717) is 32.5 Å². The molecule has 0 aromatic rings. The number of rotatable bonds is 9. The molecule has 1 saturated heterocycles. The largest absolute Gasteiger partial charge is 0.480 e. The predicted molar refractivity (Wildman–Crippen MR) is 77.3 cm³/mol. The molecule has 0 aromatic carbocycles. The lowest BCUT2D eigenvalue weighted by Crippen LogP contribution is -2.50. The van der Waals surface area contributed by atoms with E-state index in [9.17, 15) is 9.59 Å². The Kier molecular flexibility index (Phi) is 7.25. The zero-order valence-electron chi connectivity index (χ0n) is 11.9. The zero-order valence-corrected chi connectivity index (χ0v) is 11.9. The van der Waals surface area contributed by atoms with Crippen LogP contribution in [0.2, 0.25) is 0 Å². The SMILES string of the molecule is C=CCN[C@@H](CCCCN)C(=O)N1CCCC1C(=O)O. The number of nitrogens with one attached hydrogen (secondary N) is 1. The van der Waals surface area contributed by atoms with E-state index in [0.717, 1.165) is 19.3 Å². The van der Waals surface area contributed by atoms with Crippen LogP contribution < -0.4 is 11.1 Å². The van der Waals surface area contributed by atoms with Gasteiger partial charge in [0.2, 0.25) is 5.91 Å². The third kappa shape index (κ3) is 4.61. The first kappa shape index (κ1) is 16.7. The third-order valence-electron chi connectivity index (χ3n) is 3.57. The number of nitrogens with two attached hydrogens (primary N) is 1. The molecule has 0 aliphatic carbocycles. The van der Waals surface area contributed by atoms with Gasteiger partial charge in [-0.05, 0) is 32.2 Å². The number of carboxylic acids is 1. The minimum Gasteiger partial charge on any atom is -0.480 e. The van der Waals surface area contributed by atoms with Crippen LogP contribution in [0, 0.1) is 0 Å². The monoisotopic (exact) mass is 283 g/mol. The Morgan fingerprint density at radius 2 is 2.25 bits per heavy atom. The lowest BCUT2D eigenvalue weighted by atomic mass is 10.1. The fourth-order valence-corrected chi connectivity index (χ4v) is 2.52. The summed E-state index contributed by atoms with van der Waals surface area (Å²) in [6.07, 6.45) is 5.37. The Morgan fingerprint density at radius 1 is 1.50 bits per heavy atom. The highest BCUT2D eigenvalue weighted by Crippen LogP contribution is 2.19. The van der Waals surface area contributed by atoms with E-state index >= 15 is 0 Å². The average molecular weight is 283 g/mol. The van der Waals surface area contributed by atoms with Crippen LogP contribution in [0.25, 0.3) is 0 Å². The van der Waals surface area contributed by atoms with E-state index in [1.807, 2.05) is 0 Å². The van der Waals surface area contributed by atoms with Crippen molar-refractivity contribution in [3.63, 3.8) is 0 Å². The fourth-order valence-electron chi connectivity index (χ4n) is 2.52. The first-order chi connectivity index (χ1) is 9.61. The Balaban J connectivity index is 2.64. The number of unbranched alkanes of at least 4 members (excludes halogenated alkanes) is 1. The summed E-state index contributed by atoms with van der Waals surface area (Å²) in [6.45, 7) is 5.29. The number of carbonyl (C=O) groups excluding carboxylic acids is 1. The van der Waals surface area contributed by atoms with Gasteiger partial charge in [0.25, 0.3) is 0 Å². The van der Waals surface area contributed by atoms with E-state index < -0.39 is 12.0 Å². The molecule has 1 aliphatic rings. The van der Waals surface area contributed by atoms with Crippen LogP contribution in [-0.2, 0) is 9.59 Å². The highest BCUT2D eigenvalue weighted by atomic mass is 16.4. The fraction of sp³-hybridized carbons (Fsp3) is 0.714. The van der Waals surface area contributed by atoms with Gasteiger partial charge in [-0.1, -0.05) is 12.5 Å². The molecule has 20 heavy (non-hydrogen) atoms. The smallest absolute Gasteiger partial charge is 0.326 e. The number of hydrogen-bond donors (Lipinski definition) is 3. The summed E-state index contributed by atoms with van der Waals surface area (Å²) < 4.78 is 0. The molecule has 1 aliphatic heterocycles. The highest BCUT2D eigenvalue weighted by Gasteiger charge is 2.36. The van der Waals surface area contributed by atoms with E-state index in [1.54, 1.807) is 6.08 Å². The summed E-state index contributed by atoms with van der Waals surface area (Å²) in [5.74, 6) is -1.03. The van der Waals surface area contributed by atoms with Crippen LogP contribution in [0.4, 0.5) is 0 Å². The summed E-state index contributed by atoms with van der Waals surface area (Å²) in [7, 11) is 0. The van der Waals surface area contributed by atoms with Crippen molar-refractivity contribution < 1.29 is 14.7 Å². The minimum atomic E-state index is -0.916. The molecule has 4 N–H and O–H groups in total. The molecule has 6 nitrogen and oxygen atoms in total. The van der Waals surface area contributed by atoms with Crippen molar-refractivity contribution in [1.82, 2.24) is 10.2 Å². The third-order valence-corrected chi connectivity index (χ3v) is 3.57. The maximum Gasteiger partial charge on any atom is 0.326 e. The molecule has 0 radical (unpaired) electrons. The minimum absolute atomic E-state index is 0.117. The van der Waals surface area contributed by atoms with Crippen molar-refractivity contribution in [3.05, 3.63) is 12.7 Å². The molecule has 114 valence electrons. The molecule has 6 heteroatoms. The Labute approximate surface area is 120 Å². The van der Waals surface area contributed by atoms with Gasteiger partial charge in [0.05, 0.1) is 6.04 Å². The van der Waals surface area contributed by atoms with Crippen LogP contribution >= 0.6 is 0 Å². The topological polar surface area (TPSA) is 95.7 Å². The number of carboxylic acid groups (broad SMARTS) is 1. The zero-order chi connectivity index (χ0) is 15.0. The number of aliphatic carboxylic acids is 1. The van der Waals surface area contributed by atoms with E-state index in [1.165, 1.54) is 4.90 Å². The summed E-state index contributed by atoms with van der Waals surface area (Å²) in [5, 5.41) is 12.3. The summed E-state index contributed by atoms with van der Waals surface area (Å²) in [6, 6.07) is -1.02. The van der Waals surface area contributed by atoms with Crippen LogP contribution in [0.1, 0.15) is 32.1 Å². The summed E-state index contributed by atoms with van der Waals surface area (Å²) >= 11 is 0. The molecule has 1 unspecified atom stereocenters. The molecular weight excluding hydrogens is 258 g/mol. The molecule has 0 saturated carbocycles. The quantitative estimate of drug-likeness (QED) is 0.419. The molecule has 1 fully saturated rings. The van der Waals surface area contributed by atoms with Gasteiger partial charge in [-0.15, -0.1) is 6.58 Å². The molecule has 0 bridgehead atoms. The van der Waals surface area contributed by atoms with E-state index in [-0.39, 0.29) is 11.9 Å². The van der Waals surface area contributed by atoms with Crippen LogP contribution in [0.15, 0.2) is 12.7 Å². The van der Waals surface area contributed by atoms with Gasteiger partial charge >= 0.3 is 5.97 Å². The van der Waals surface area contributed by atoms with Crippen molar-refractivity contribution in [3.8, 4) is 0 Å². The lowest BCUT2D eigenvalue weighted by Gasteiger charge is -2.27. The molecule has 2 atom stereocenters. The highest BCUT2D eigenvalue weighted by molar-refractivity contribution is 5.87. The maximum absolute atomic E-state index is 12.5. The van der Waals surface area contributed by atoms with Gasteiger partial charge < -0.3 is 21.1 Å². The van der Waals surface area contributed by atoms with Gasteiger partial charge in [0, 0.05) is 13.1 Å². The Hall–Kier alpha value is -1.40. The molecule has 0 aromatic heterocycles. The standard InChI is InChI=1S/C14H25N3O3/c1-2-9-16-11(6-3-4-8-15)13(18)17-10-5-7-12(17)14(19)20/h2,11-12,16H,1,3-10,15H2,(H,19,20)/t11-,12?/m0/s1. The second-order valence-electron chi connectivity index (χ2n) is 5.06. The number of likely N-dealkylation sites (tertiary alicyclic amines) is 1. The second kappa shape index (κ2) is 8.71. The van der Waals surface area contributed by atoms with E-state index in [2.05, 4.69) is 11.9 Å². The van der Waals surface area contributed by atoms with Gasteiger partial charge in [0.15, 0.2) is 0 Å². The van der Waals surface area contributed by atoms with Crippen molar-refractivity contribution in [2.24, 2.45) is 5.73 Å². The Bertz CT molecular complexity index is 347. The first-order valence-corrected chi connectivity index (χ1v) is 7.19. The molecule has 0 spiro atoms. The maximum atomic E-state index is 12.5. The van der Waals surface area contributed by atoms with E-state index in [4.69, 9.17) is 10.8 Å². The average Bonchev–Trinajstić information content (AvgIpc) is 2.91. The molecular formula is C14H25N3O3. The molecule has 1 rings (SSSR count). The van der Waals surface area contributed by atoms with Gasteiger partial charge in [-0.25, -0.2) is 4.79 Å². The van der Waals surface area contributed by atoms with Gasteiger partial charge in [-0.3, -0.25) is 4.79 Å². The molecule has 1 amide bonds. The summed E-state index contributed by atoms with van der Waals surface area (Å²) in [5.41, 5.74) is 5.47. The van der Waals surface area contributed by atoms with Crippen LogP contribution in [0.3, 0.4) is 0 Å². The van der Waals surface area contributed by atoms with Crippen molar-refractivity contribution in [2.75, 3.05) is 19.6 Å². The predicted octanol–water partition coefficient (Wildman–Crippen LogP) is 0.335. The van der Waals surface area contributed by atoms with Crippen molar-refractivity contribution in [2.45, 2.75) is 44.2 Å².